The molecule has 0 amide bonds. The van der Waals surface area contributed by atoms with E-state index >= 15 is 0 Å². The zero-order valence-corrected chi connectivity index (χ0v) is 8.33. The fourth-order valence-electron chi connectivity index (χ4n) is 3.27. The van der Waals surface area contributed by atoms with Crippen molar-refractivity contribution < 1.29 is 4.79 Å². The Morgan fingerprint density at radius 2 is 2.31 bits per heavy atom. The van der Waals surface area contributed by atoms with Crippen LogP contribution in [-0.4, -0.2) is 6.29 Å². The van der Waals surface area contributed by atoms with E-state index in [1.165, 1.54) is 25.5 Å². The minimum absolute atomic E-state index is 0.0371. The first-order valence-corrected chi connectivity index (χ1v) is 5.38. The van der Waals surface area contributed by atoms with Gasteiger partial charge in [-0.1, -0.05) is 18.6 Å². The molecule has 0 aromatic rings. The van der Waals surface area contributed by atoms with Crippen LogP contribution in [0.4, 0.5) is 0 Å². The molecule has 13 heavy (non-hydrogen) atoms. The summed E-state index contributed by atoms with van der Waals surface area (Å²) in [6.07, 6.45) is 11.6. The van der Waals surface area contributed by atoms with Crippen LogP contribution in [0.15, 0.2) is 12.2 Å². The predicted octanol–water partition coefficient (Wildman–Crippen LogP) is 2.96. The fraction of sp³-hybridized carbons (Fsp3) is 0.750. The van der Waals surface area contributed by atoms with Crippen LogP contribution in [0, 0.1) is 17.3 Å². The summed E-state index contributed by atoms with van der Waals surface area (Å²) < 4.78 is 0. The Morgan fingerprint density at radius 3 is 2.77 bits per heavy atom. The first-order chi connectivity index (χ1) is 6.30. The van der Waals surface area contributed by atoms with Crippen molar-refractivity contribution in [1.82, 2.24) is 0 Å². The summed E-state index contributed by atoms with van der Waals surface area (Å²) in [5.41, 5.74) is 0.0371. The van der Waals surface area contributed by atoms with Crippen molar-refractivity contribution in [3.63, 3.8) is 0 Å². The van der Waals surface area contributed by atoms with Crippen molar-refractivity contribution in [2.24, 2.45) is 17.3 Å². The van der Waals surface area contributed by atoms with Gasteiger partial charge in [0.15, 0.2) is 0 Å². The standard InChI is InChI=1S/C12H18O/c1-2-3-6-12(9-13)8-10-4-5-11(12)7-10/h2-3,9-11H,4-8H2,1H3/b3-2+. The lowest BCUT2D eigenvalue weighted by Gasteiger charge is -2.31. The molecule has 0 N–H and O–H groups in total. The van der Waals surface area contributed by atoms with E-state index in [9.17, 15) is 4.79 Å². The van der Waals surface area contributed by atoms with Crippen LogP contribution in [0.1, 0.15) is 39.0 Å². The van der Waals surface area contributed by atoms with Gasteiger partial charge in [-0.05, 0) is 44.4 Å². The number of fused-ring (bicyclic) bond motifs is 2. The molecule has 2 aliphatic rings. The molecule has 0 aromatic heterocycles. The molecule has 1 heteroatoms. The van der Waals surface area contributed by atoms with Gasteiger partial charge < -0.3 is 4.79 Å². The summed E-state index contributed by atoms with van der Waals surface area (Å²) >= 11 is 0. The maximum absolute atomic E-state index is 11.2. The van der Waals surface area contributed by atoms with E-state index in [0.29, 0.717) is 5.92 Å². The van der Waals surface area contributed by atoms with Gasteiger partial charge in [0.1, 0.15) is 6.29 Å². The van der Waals surface area contributed by atoms with Gasteiger partial charge in [0, 0.05) is 5.41 Å². The number of hydrogen-bond acceptors (Lipinski definition) is 1. The minimum Gasteiger partial charge on any atom is -0.303 e. The molecule has 2 saturated carbocycles. The Labute approximate surface area is 80.2 Å². The molecule has 72 valence electrons. The Hall–Kier alpha value is -0.590. The minimum atomic E-state index is 0.0371. The SMILES string of the molecule is C/C=C/CC1(C=O)CC2CCC1C2. The van der Waals surface area contributed by atoms with Crippen molar-refractivity contribution in [1.29, 1.82) is 0 Å². The zero-order valence-electron chi connectivity index (χ0n) is 8.33. The summed E-state index contributed by atoms with van der Waals surface area (Å²) in [6.45, 7) is 2.03. The van der Waals surface area contributed by atoms with Gasteiger partial charge in [-0.2, -0.15) is 0 Å². The maximum Gasteiger partial charge on any atom is 0.126 e. The summed E-state index contributed by atoms with van der Waals surface area (Å²) in [5.74, 6) is 1.56. The number of aldehydes is 1. The van der Waals surface area contributed by atoms with E-state index in [2.05, 4.69) is 12.2 Å². The largest absolute Gasteiger partial charge is 0.303 e. The van der Waals surface area contributed by atoms with Gasteiger partial charge in [-0.3, -0.25) is 0 Å². The second-order valence-electron chi connectivity index (χ2n) is 4.70. The Kier molecular flexibility index (Phi) is 2.27. The number of rotatable bonds is 3. The molecule has 2 aliphatic carbocycles. The lowest BCUT2D eigenvalue weighted by molar-refractivity contribution is -0.118. The van der Waals surface area contributed by atoms with Crippen LogP contribution in [0.5, 0.6) is 0 Å². The van der Waals surface area contributed by atoms with Gasteiger partial charge in [-0.15, -0.1) is 0 Å². The highest BCUT2D eigenvalue weighted by Gasteiger charge is 2.49. The zero-order chi connectivity index (χ0) is 9.31. The smallest absolute Gasteiger partial charge is 0.126 e. The molecule has 0 aliphatic heterocycles. The van der Waals surface area contributed by atoms with Crippen molar-refractivity contribution in [2.45, 2.75) is 39.0 Å². The summed E-state index contributed by atoms with van der Waals surface area (Å²) in [4.78, 5) is 11.2. The van der Waals surface area contributed by atoms with Crippen molar-refractivity contribution in [3.05, 3.63) is 12.2 Å². The van der Waals surface area contributed by atoms with E-state index in [-0.39, 0.29) is 5.41 Å². The predicted molar refractivity (Wildman–Crippen MR) is 53.4 cm³/mol. The molecule has 2 bridgehead atoms. The number of hydrogen-bond donors (Lipinski definition) is 0. The van der Waals surface area contributed by atoms with Crippen LogP contribution < -0.4 is 0 Å². The normalized spacial score (nSPS) is 43.2. The summed E-state index contributed by atoms with van der Waals surface area (Å²) in [6, 6.07) is 0. The number of carbonyl (C=O) groups excluding carboxylic acids is 1. The third-order valence-corrected chi connectivity index (χ3v) is 3.99. The maximum atomic E-state index is 11.2. The first kappa shape index (κ1) is 8.98. The average molecular weight is 178 g/mol. The average Bonchev–Trinajstić information content (AvgIpc) is 2.74. The Balaban J connectivity index is 2.12. The molecule has 3 unspecified atom stereocenters. The monoisotopic (exact) mass is 178 g/mol. The van der Waals surface area contributed by atoms with Crippen LogP contribution in [0.25, 0.3) is 0 Å². The molecule has 0 saturated heterocycles. The molecule has 0 aromatic carbocycles. The second kappa shape index (κ2) is 3.28. The van der Waals surface area contributed by atoms with Crippen molar-refractivity contribution in [2.75, 3.05) is 0 Å². The van der Waals surface area contributed by atoms with E-state index in [1.54, 1.807) is 0 Å². The van der Waals surface area contributed by atoms with E-state index in [4.69, 9.17) is 0 Å². The Bertz CT molecular complexity index is 231. The van der Waals surface area contributed by atoms with E-state index < -0.39 is 0 Å². The van der Waals surface area contributed by atoms with Crippen LogP contribution in [-0.2, 0) is 4.79 Å². The van der Waals surface area contributed by atoms with Crippen LogP contribution in [0.3, 0.4) is 0 Å². The molecular formula is C12H18O. The second-order valence-corrected chi connectivity index (χ2v) is 4.70. The third-order valence-electron chi connectivity index (χ3n) is 3.99. The molecular weight excluding hydrogens is 160 g/mol. The quantitative estimate of drug-likeness (QED) is 0.479. The lowest BCUT2D eigenvalue weighted by atomic mass is 9.72. The topological polar surface area (TPSA) is 17.1 Å². The van der Waals surface area contributed by atoms with Gasteiger partial charge in [-0.25, -0.2) is 0 Å². The van der Waals surface area contributed by atoms with E-state index in [0.717, 1.165) is 18.8 Å². The highest BCUT2D eigenvalue weighted by molar-refractivity contribution is 5.61. The fourth-order valence-corrected chi connectivity index (χ4v) is 3.27. The van der Waals surface area contributed by atoms with Gasteiger partial charge in [0.2, 0.25) is 0 Å². The lowest BCUT2D eigenvalue weighted by Crippen LogP contribution is -2.28. The molecule has 3 atom stereocenters. The molecule has 1 nitrogen and oxygen atoms in total. The van der Waals surface area contributed by atoms with E-state index in [1.807, 2.05) is 6.92 Å². The van der Waals surface area contributed by atoms with Gasteiger partial charge in [0.25, 0.3) is 0 Å². The molecule has 0 heterocycles. The first-order valence-electron chi connectivity index (χ1n) is 5.38. The van der Waals surface area contributed by atoms with Crippen molar-refractivity contribution >= 4 is 6.29 Å². The van der Waals surface area contributed by atoms with Crippen molar-refractivity contribution in [3.8, 4) is 0 Å². The molecule has 2 fully saturated rings. The van der Waals surface area contributed by atoms with Crippen LogP contribution in [0.2, 0.25) is 0 Å². The molecule has 0 spiro atoms. The number of allylic oxidation sites excluding steroid dienone is 2. The molecule has 2 rings (SSSR count). The summed E-state index contributed by atoms with van der Waals surface area (Å²) in [7, 11) is 0. The third kappa shape index (κ3) is 1.34. The Morgan fingerprint density at radius 1 is 1.46 bits per heavy atom. The van der Waals surface area contributed by atoms with Crippen LogP contribution >= 0.6 is 0 Å². The highest BCUT2D eigenvalue weighted by atomic mass is 16.1. The van der Waals surface area contributed by atoms with Gasteiger partial charge in [0.05, 0.1) is 0 Å². The molecule has 0 radical (unpaired) electrons. The summed E-state index contributed by atoms with van der Waals surface area (Å²) in [5, 5.41) is 0. The highest BCUT2D eigenvalue weighted by Crippen LogP contribution is 2.56. The number of carbonyl (C=O) groups is 1. The van der Waals surface area contributed by atoms with Gasteiger partial charge >= 0.3 is 0 Å².